The zero-order valence-corrected chi connectivity index (χ0v) is 10.3. The van der Waals surface area contributed by atoms with E-state index in [1.165, 1.54) is 4.90 Å². The fraction of sp³-hybridized carbons (Fsp3) is 0.727. The van der Waals surface area contributed by atoms with Gasteiger partial charge in [-0.05, 0) is 19.8 Å². The Balaban J connectivity index is 2.48. The average molecular weight is 258 g/mol. The SMILES string of the molecule is CC1CCC(C(N)=O)CN1C(=O)COCC(=O)O. The van der Waals surface area contributed by atoms with Gasteiger partial charge in [-0.3, -0.25) is 9.59 Å². The maximum absolute atomic E-state index is 11.8. The normalized spacial score (nSPS) is 23.7. The van der Waals surface area contributed by atoms with Crippen LogP contribution >= 0.6 is 0 Å². The largest absolute Gasteiger partial charge is 0.480 e. The topological polar surface area (TPSA) is 110 Å². The van der Waals surface area contributed by atoms with Gasteiger partial charge in [-0.2, -0.15) is 0 Å². The maximum Gasteiger partial charge on any atom is 0.329 e. The predicted molar refractivity (Wildman–Crippen MR) is 61.5 cm³/mol. The fourth-order valence-electron chi connectivity index (χ4n) is 2.00. The van der Waals surface area contributed by atoms with E-state index in [9.17, 15) is 14.4 Å². The van der Waals surface area contributed by atoms with Crippen LogP contribution in [-0.4, -0.2) is 53.6 Å². The summed E-state index contributed by atoms with van der Waals surface area (Å²) in [6, 6.07) is 0.0153. The van der Waals surface area contributed by atoms with Gasteiger partial charge in [0.25, 0.3) is 0 Å². The molecule has 0 saturated carbocycles. The van der Waals surface area contributed by atoms with Crippen molar-refractivity contribution < 1.29 is 24.2 Å². The van der Waals surface area contributed by atoms with E-state index in [4.69, 9.17) is 15.6 Å². The Morgan fingerprint density at radius 3 is 2.56 bits per heavy atom. The summed E-state index contributed by atoms with van der Waals surface area (Å²) in [5.41, 5.74) is 5.23. The van der Waals surface area contributed by atoms with Crippen molar-refractivity contribution in [3.05, 3.63) is 0 Å². The van der Waals surface area contributed by atoms with Gasteiger partial charge in [-0.25, -0.2) is 4.79 Å². The van der Waals surface area contributed by atoms with Gasteiger partial charge in [-0.15, -0.1) is 0 Å². The fourth-order valence-corrected chi connectivity index (χ4v) is 2.00. The molecule has 1 aliphatic heterocycles. The van der Waals surface area contributed by atoms with Gasteiger partial charge < -0.3 is 20.5 Å². The van der Waals surface area contributed by atoms with Gasteiger partial charge >= 0.3 is 5.97 Å². The third-order valence-electron chi connectivity index (χ3n) is 3.06. The average Bonchev–Trinajstić information content (AvgIpc) is 2.28. The molecule has 2 unspecified atom stereocenters. The third-order valence-corrected chi connectivity index (χ3v) is 3.06. The number of primary amides is 1. The second kappa shape index (κ2) is 6.34. The van der Waals surface area contributed by atoms with Crippen molar-refractivity contribution in [3.63, 3.8) is 0 Å². The summed E-state index contributed by atoms with van der Waals surface area (Å²) in [5, 5.41) is 8.39. The van der Waals surface area contributed by atoms with Gasteiger partial charge in [0.15, 0.2) is 0 Å². The Morgan fingerprint density at radius 2 is 2.00 bits per heavy atom. The molecule has 7 heteroatoms. The van der Waals surface area contributed by atoms with E-state index in [1.54, 1.807) is 0 Å². The number of amides is 2. The van der Waals surface area contributed by atoms with E-state index in [0.717, 1.165) is 0 Å². The van der Waals surface area contributed by atoms with E-state index in [0.29, 0.717) is 12.8 Å². The molecular weight excluding hydrogens is 240 g/mol. The molecule has 0 aromatic carbocycles. The quantitative estimate of drug-likeness (QED) is 0.670. The lowest BCUT2D eigenvalue weighted by Crippen LogP contribution is -2.49. The monoisotopic (exact) mass is 258 g/mol. The molecule has 0 aromatic rings. The Bertz CT molecular complexity index is 344. The molecule has 0 radical (unpaired) electrons. The molecular formula is C11H18N2O5. The molecule has 1 heterocycles. The highest BCUT2D eigenvalue weighted by Gasteiger charge is 2.31. The highest BCUT2D eigenvalue weighted by Crippen LogP contribution is 2.21. The van der Waals surface area contributed by atoms with Crippen LogP contribution in [0.3, 0.4) is 0 Å². The number of carboxylic acids is 1. The number of hydrogen-bond donors (Lipinski definition) is 2. The van der Waals surface area contributed by atoms with Crippen LogP contribution in [0.25, 0.3) is 0 Å². The summed E-state index contributed by atoms with van der Waals surface area (Å²) in [6.07, 6.45) is 1.38. The highest BCUT2D eigenvalue weighted by molar-refractivity contribution is 5.81. The molecule has 0 bridgehead atoms. The van der Waals surface area contributed by atoms with E-state index in [-0.39, 0.29) is 31.0 Å². The van der Waals surface area contributed by atoms with Crippen LogP contribution in [0.1, 0.15) is 19.8 Å². The number of hydrogen-bond acceptors (Lipinski definition) is 4. The summed E-state index contributed by atoms with van der Waals surface area (Å²) in [4.78, 5) is 34.7. The van der Waals surface area contributed by atoms with Crippen LogP contribution in [0.4, 0.5) is 0 Å². The number of carbonyl (C=O) groups excluding carboxylic acids is 2. The maximum atomic E-state index is 11.8. The number of carbonyl (C=O) groups is 3. The van der Waals surface area contributed by atoms with Crippen LogP contribution in [0.15, 0.2) is 0 Å². The number of rotatable bonds is 5. The van der Waals surface area contributed by atoms with E-state index >= 15 is 0 Å². The van der Waals surface area contributed by atoms with Crippen molar-refractivity contribution in [1.29, 1.82) is 0 Å². The van der Waals surface area contributed by atoms with Crippen LogP contribution in [0, 0.1) is 5.92 Å². The predicted octanol–water partition coefficient (Wildman–Crippen LogP) is -0.800. The lowest BCUT2D eigenvalue weighted by Gasteiger charge is -2.36. The number of piperidine rings is 1. The van der Waals surface area contributed by atoms with Gasteiger partial charge in [0.05, 0.1) is 5.92 Å². The zero-order valence-electron chi connectivity index (χ0n) is 10.3. The molecule has 1 aliphatic rings. The summed E-state index contributed by atoms with van der Waals surface area (Å²) in [5.74, 6) is -2.17. The molecule has 0 spiro atoms. The first-order chi connectivity index (χ1) is 8.41. The minimum Gasteiger partial charge on any atom is -0.480 e. The molecule has 3 N–H and O–H groups in total. The molecule has 1 fully saturated rings. The molecule has 7 nitrogen and oxygen atoms in total. The van der Waals surface area contributed by atoms with Gasteiger partial charge in [0, 0.05) is 12.6 Å². The standard InChI is InChI=1S/C11H18N2O5/c1-7-2-3-8(11(12)17)4-13(7)9(14)5-18-6-10(15)16/h7-8H,2-6H2,1H3,(H2,12,17)(H,15,16). The summed E-state index contributed by atoms with van der Waals surface area (Å²) < 4.78 is 4.75. The summed E-state index contributed by atoms with van der Waals surface area (Å²) in [6.45, 7) is 1.37. The Labute approximate surface area is 105 Å². The molecule has 0 aromatic heterocycles. The Morgan fingerprint density at radius 1 is 1.33 bits per heavy atom. The van der Waals surface area contributed by atoms with Crippen molar-refractivity contribution in [1.82, 2.24) is 4.90 Å². The molecule has 1 saturated heterocycles. The van der Waals surface area contributed by atoms with Crippen LogP contribution < -0.4 is 5.73 Å². The number of aliphatic carboxylic acids is 1. The van der Waals surface area contributed by atoms with Crippen molar-refractivity contribution >= 4 is 17.8 Å². The first-order valence-corrected chi connectivity index (χ1v) is 5.80. The van der Waals surface area contributed by atoms with Crippen molar-refractivity contribution in [2.45, 2.75) is 25.8 Å². The van der Waals surface area contributed by atoms with Gasteiger partial charge in [-0.1, -0.05) is 0 Å². The first kappa shape index (κ1) is 14.4. The van der Waals surface area contributed by atoms with Crippen LogP contribution in [0.2, 0.25) is 0 Å². The summed E-state index contributed by atoms with van der Waals surface area (Å²) in [7, 11) is 0. The molecule has 2 atom stereocenters. The second-order valence-electron chi connectivity index (χ2n) is 4.46. The van der Waals surface area contributed by atoms with E-state index < -0.39 is 18.5 Å². The van der Waals surface area contributed by atoms with Gasteiger partial charge in [0.1, 0.15) is 13.2 Å². The van der Waals surface area contributed by atoms with Crippen molar-refractivity contribution in [3.8, 4) is 0 Å². The number of carboxylic acid groups (broad SMARTS) is 1. The smallest absolute Gasteiger partial charge is 0.329 e. The van der Waals surface area contributed by atoms with E-state index in [1.807, 2.05) is 6.92 Å². The van der Waals surface area contributed by atoms with Crippen LogP contribution in [0.5, 0.6) is 0 Å². The minimum absolute atomic E-state index is 0.0153. The Kier molecular flexibility index (Phi) is 5.08. The molecule has 2 amide bonds. The lowest BCUT2D eigenvalue weighted by molar-refractivity contribution is -0.147. The van der Waals surface area contributed by atoms with Crippen molar-refractivity contribution in [2.24, 2.45) is 11.7 Å². The molecule has 0 aliphatic carbocycles. The number of ether oxygens (including phenoxy) is 1. The summed E-state index contributed by atoms with van der Waals surface area (Å²) >= 11 is 0. The minimum atomic E-state index is -1.12. The highest BCUT2D eigenvalue weighted by atomic mass is 16.5. The lowest BCUT2D eigenvalue weighted by atomic mass is 9.93. The zero-order chi connectivity index (χ0) is 13.7. The second-order valence-corrected chi connectivity index (χ2v) is 4.46. The Hall–Kier alpha value is -1.63. The first-order valence-electron chi connectivity index (χ1n) is 5.80. The van der Waals surface area contributed by atoms with Crippen LogP contribution in [-0.2, 0) is 19.1 Å². The number of likely N-dealkylation sites (tertiary alicyclic amines) is 1. The molecule has 1 rings (SSSR count). The number of nitrogens with two attached hydrogens (primary N) is 1. The number of nitrogens with zero attached hydrogens (tertiary/aromatic N) is 1. The van der Waals surface area contributed by atoms with Crippen molar-refractivity contribution in [2.75, 3.05) is 19.8 Å². The molecule has 18 heavy (non-hydrogen) atoms. The molecule has 102 valence electrons. The van der Waals surface area contributed by atoms with E-state index in [2.05, 4.69) is 0 Å². The van der Waals surface area contributed by atoms with Gasteiger partial charge in [0.2, 0.25) is 11.8 Å². The third kappa shape index (κ3) is 3.99.